The van der Waals surface area contributed by atoms with Crippen molar-refractivity contribution in [3.05, 3.63) is 65.2 Å². The molecule has 2 aromatic carbocycles. The lowest BCUT2D eigenvalue weighted by molar-refractivity contribution is -0.132. The summed E-state index contributed by atoms with van der Waals surface area (Å²) in [5, 5.41) is 6.03. The van der Waals surface area contributed by atoms with Gasteiger partial charge in [-0.15, -0.1) is 0 Å². The largest absolute Gasteiger partial charge is 0.351 e. The minimum absolute atomic E-state index is 0.00514. The number of carbonyl (C=O) groups is 2. The van der Waals surface area contributed by atoms with Crippen molar-refractivity contribution in [3.8, 4) is 0 Å². The van der Waals surface area contributed by atoms with E-state index in [4.69, 9.17) is 0 Å². The number of nitrogens with one attached hydrogen (secondary N) is 2. The van der Waals surface area contributed by atoms with E-state index in [0.717, 1.165) is 36.1 Å². The summed E-state index contributed by atoms with van der Waals surface area (Å²) >= 11 is 0. The first-order valence-corrected chi connectivity index (χ1v) is 10.4. The molecule has 0 radical (unpaired) electrons. The monoisotopic (exact) mass is 393 g/mol. The van der Waals surface area contributed by atoms with Crippen molar-refractivity contribution in [2.45, 2.75) is 46.6 Å². The molecule has 5 heteroatoms. The van der Waals surface area contributed by atoms with Crippen LogP contribution < -0.4 is 10.6 Å². The minimum atomic E-state index is -0.579. The molecule has 0 unspecified atom stereocenters. The van der Waals surface area contributed by atoms with E-state index in [0.29, 0.717) is 19.6 Å². The molecule has 1 aliphatic rings. The van der Waals surface area contributed by atoms with Crippen molar-refractivity contribution in [1.29, 1.82) is 0 Å². The van der Waals surface area contributed by atoms with Gasteiger partial charge in [-0.05, 0) is 61.9 Å². The molecule has 2 N–H and O–H groups in total. The summed E-state index contributed by atoms with van der Waals surface area (Å²) in [4.78, 5) is 27.4. The molecule has 3 amide bonds. The Labute approximate surface area is 173 Å². The SMILES string of the molecule is CCc1ccc(NC(=O)N2CCC[C@@](C)(C(=O)NCc3ccccc3C)C2)cc1. The van der Waals surface area contributed by atoms with Crippen molar-refractivity contribution in [1.82, 2.24) is 10.2 Å². The van der Waals surface area contributed by atoms with Crippen molar-refractivity contribution in [2.75, 3.05) is 18.4 Å². The summed E-state index contributed by atoms with van der Waals surface area (Å²) in [5.74, 6) is 0.00514. The van der Waals surface area contributed by atoms with E-state index in [2.05, 4.69) is 17.6 Å². The molecule has 5 nitrogen and oxygen atoms in total. The van der Waals surface area contributed by atoms with Crippen LogP contribution in [0.25, 0.3) is 0 Å². The average Bonchev–Trinajstić information content (AvgIpc) is 2.73. The molecule has 2 aromatic rings. The number of hydrogen-bond donors (Lipinski definition) is 2. The maximum absolute atomic E-state index is 12.9. The molecule has 3 rings (SSSR count). The van der Waals surface area contributed by atoms with Crippen LogP contribution in [0.4, 0.5) is 10.5 Å². The summed E-state index contributed by atoms with van der Waals surface area (Å²) in [6.45, 7) is 7.70. The molecular weight excluding hydrogens is 362 g/mol. The second-order valence-corrected chi connectivity index (χ2v) is 8.18. The van der Waals surface area contributed by atoms with Gasteiger partial charge in [0.1, 0.15) is 0 Å². The quantitative estimate of drug-likeness (QED) is 0.785. The van der Waals surface area contributed by atoms with Crippen LogP contribution in [-0.2, 0) is 17.8 Å². The number of rotatable bonds is 5. The summed E-state index contributed by atoms with van der Waals surface area (Å²) in [6, 6.07) is 15.8. The number of urea groups is 1. The summed E-state index contributed by atoms with van der Waals surface area (Å²) in [6.07, 6.45) is 2.56. The lowest BCUT2D eigenvalue weighted by atomic mass is 9.81. The van der Waals surface area contributed by atoms with Gasteiger partial charge in [0.2, 0.25) is 5.91 Å². The van der Waals surface area contributed by atoms with Crippen LogP contribution in [0, 0.1) is 12.3 Å². The Hall–Kier alpha value is -2.82. The molecule has 0 saturated carbocycles. The van der Waals surface area contributed by atoms with Crippen molar-refractivity contribution in [2.24, 2.45) is 5.41 Å². The number of likely N-dealkylation sites (tertiary alicyclic amines) is 1. The smallest absolute Gasteiger partial charge is 0.321 e. The highest BCUT2D eigenvalue weighted by molar-refractivity contribution is 5.90. The first-order chi connectivity index (χ1) is 13.9. The van der Waals surface area contributed by atoms with Crippen LogP contribution in [0.1, 0.15) is 43.4 Å². The molecular formula is C24H31N3O2. The Morgan fingerprint density at radius 3 is 2.52 bits per heavy atom. The average molecular weight is 394 g/mol. The third kappa shape index (κ3) is 5.17. The Balaban J connectivity index is 1.59. The highest BCUT2D eigenvalue weighted by Crippen LogP contribution is 2.30. The molecule has 0 bridgehead atoms. The molecule has 154 valence electrons. The predicted molar refractivity (Wildman–Crippen MR) is 117 cm³/mol. The molecule has 1 heterocycles. The minimum Gasteiger partial charge on any atom is -0.351 e. The third-order valence-electron chi connectivity index (χ3n) is 5.85. The van der Waals surface area contributed by atoms with Crippen LogP contribution >= 0.6 is 0 Å². The van der Waals surface area contributed by atoms with Gasteiger partial charge < -0.3 is 15.5 Å². The third-order valence-corrected chi connectivity index (χ3v) is 5.85. The fourth-order valence-electron chi connectivity index (χ4n) is 3.82. The number of hydrogen-bond acceptors (Lipinski definition) is 2. The van der Waals surface area contributed by atoms with Gasteiger partial charge in [-0.2, -0.15) is 0 Å². The molecule has 0 spiro atoms. The Morgan fingerprint density at radius 2 is 1.83 bits per heavy atom. The zero-order valence-corrected chi connectivity index (χ0v) is 17.6. The fraction of sp³-hybridized carbons (Fsp3) is 0.417. The predicted octanol–water partition coefficient (Wildman–Crippen LogP) is 4.51. The molecule has 29 heavy (non-hydrogen) atoms. The van der Waals surface area contributed by atoms with Gasteiger partial charge in [-0.1, -0.05) is 43.3 Å². The number of aryl methyl sites for hydroxylation is 2. The van der Waals surface area contributed by atoms with Gasteiger partial charge in [0.25, 0.3) is 0 Å². The van der Waals surface area contributed by atoms with Gasteiger partial charge in [0.05, 0.1) is 5.41 Å². The van der Waals surface area contributed by atoms with E-state index in [1.54, 1.807) is 4.90 Å². The molecule has 0 aliphatic carbocycles. The van der Waals surface area contributed by atoms with Gasteiger partial charge in [-0.25, -0.2) is 4.79 Å². The molecule has 0 aromatic heterocycles. The van der Waals surface area contributed by atoms with E-state index < -0.39 is 5.41 Å². The van der Waals surface area contributed by atoms with Gasteiger partial charge >= 0.3 is 6.03 Å². The molecule has 1 atom stereocenters. The maximum Gasteiger partial charge on any atom is 0.321 e. The summed E-state index contributed by atoms with van der Waals surface area (Å²) in [7, 11) is 0. The van der Waals surface area contributed by atoms with Gasteiger partial charge in [0, 0.05) is 25.3 Å². The summed E-state index contributed by atoms with van der Waals surface area (Å²) < 4.78 is 0. The topological polar surface area (TPSA) is 61.4 Å². The Bertz CT molecular complexity index is 863. The summed E-state index contributed by atoms with van der Waals surface area (Å²) in [5.41, 5.74) is 3.72. The first-order valence-electron chi connectivity index (χ1n) is 10.4. The van der Waals surface area contributed by atoms with Crippen LogP contribution in [-0.4, -0.2) is 29.9 Å². The highest BCUT2D eigenvalue weighted by Gasteiger charge is 2.39. The molecule has 1 aliphatic heterocycles. The van der Waals surface area contributed by atoms with E-state index in [-0.39, 0.29) is 11.9 Å². The first kappa shape index (κ1) is 20.9. The van der Waals surface area contributed by atoms with Crippen LogP contribution in [0.3, 0.4) is 0 Å². The number of carbonyl (C=O) groups excluding carboxylic acids is 2. The molecule has 1 fully saturated rings. The van der Waals surface area contributed by atoms with Gasteiger partial charge in [-0.3, -0.25) is 4.79 Å². The van der Waals surface area contributed by atoms with Crippen LogP contribution in [0.15, 0.2) is 48.5 Å². The Kier molecular flexibility index (Phi) is 6.57. The standard InChI is InChI=1S/C24H31N3O2/c1-4-19-10-12-21(13-11-19)26-23(29)27-15-7-14-24(3,17-27)22(28)25-16-20-9-6-5-8-18(20)2/h5-6,8-13H,4,7,14-17H2,1-3H3,(H,25,28)(H,26,29)/t24-/m1/s1. The zero-order chi connectivity index (χ0) is 20.9. The second-order valence-electron chi connectivity index (χ2n) is 8.18. The zero-order valence-electron chi connectivity index (χ0n) is 17.6. The van der Waals surface area contributed by atoms with E-state index >= 15 is 0 Å². The van der Waals surface area contributed by atoms with E-state index in [9.17, 15) is 9.59 Å². The van der Waals surface area contributed by atoms with Crippen molar-refractivity contribution in [3.63, 3.8) is 0 Å². The van der Waals surface area contributed by atoms with E-state index in [1.165, 1.54) is 5.56 Å². The lowest BCUT2D eigenvalue weighted by Crippen LogP contribution is -2.52. The van der Waals surface area contributed by atoms with Crippen molar-refractivity contribution >= 4 is 17.6 Å². The number of anilines is 1. The van der Waals surface area contributed by atoms with Crippen LogP contribution in [0.5, 0.6) is 0 Å². The van der Waals surface area contributed by atoms with Crippen LogP contribution in [0.2, 0.25) is 0 Å². The number of amides is 3. The van der Waals surface area contributed by atoms with E-state index in [1.807, 2.05) is 62.4 Å². The number of nitrogens with zero attached hydrogens (tertiary/aromatic N) is 1. The highest BCUT2D eigenvalue weighted by atomic mass is 16.2. The Morgan fingerprint density at radius 1 is 1.10 bits per heavy atom. The number of piperidine rings is 1. The van der Waals surface area contributed by atoms with Gasteiger partial charge in [0.15, 0.2) is 0 Å². The lowest BCUT2D eigenvalue weighted by Gasteiger charge is -2.39. The maximum atomic E-state index is 12.9. The van der Waals surface area contributed by atoms with Crippen molar-refractivity contribution < 1.29 is 9.59 Å². The normalized spacial score (nSPS) is 18.9. The second kappa shape index (κ2) is 9.12. The fourth-order valence-corrected chi connectivity index (χ4v) is 3.82. The molecule has 1 saturated heterocycles. The number of benzene rings is 2.